The fourth-order valence-electron chi connectivity index (χ4n) is 5.11. The molecule has 0 saturated carbocycles. The normalized spacial score (nSPS) is 16.5. The number of rotatable bonds is 15. The van der Waals surface area contributed by atoms with Crippen LogP contribution in [0.5, 0.6) is 11.5 Å². The molecule has 10 nitrogen and oxygen atoms in total. The predicted octanol–water partition coefficient (Wildman–Crippen LogP) is 3.46. The van der Waals surface area contributed by atoms with Crippen molar-refractivity contribution in [3.8, 4) is 11.5 Å². The van der Waals surface area contributed by atoms with E-state index in [0.717, 1.165) is 65.4 Å². The summed E-state index contributed by atoms with van der Waals surface area (Å²) in [6.07, 6.45) is 4.46. The number of nitrogens with zero attached hydrogens (tertiary/aromatic N) is 4. The third-order valence-corrected chi connectivity index (χ3v) is 7.29. The monoisotopic (exact) mass is 558 g/mol. The van der Waals surface area contributed by atoms with Gasteiger partial charge in [0.05, 0.1) is 37.9 Å². The van der Waals surface area contributed by atoms with E-state index in [2.05, 4.69) is 19.6 Å². The molecule has 0 atom stereocenters. The molecule has 0 radical (unpaired) electrons. The Balaban J connectivity index is 0.00000280. The second-order valence-electron chi connectivity index (χ2n) is 10.5. The van der Waals surface area contributed by atoms with E-state index < -0.39 is 0 Å². The fraction of sp³-hybridized carbons (Fsp3) is 0.600. The lowest BCUT2D eigenvalue weighted by Gasteiger charge is -2.20. The molecule has 2 heterocycles. The van der Waals surface area contributed by atoms with Crippen LogP contribution in [0.4, 0.5) is 22.7 Å². The molecule has 226 valence electrons. The predicted molar refractivity (Wildman–Crippen MR) is 169 cm³/mol. The van der Waals surface area contributed by atoms with Gasteiger partial charge in [-0.25, -0.2) is 0 Å². The van der Waals surface area contributed by atoms with Gasteiger partial charge in [-0.3, -0.25) is 19.6 Å². The highest BCUT2D eigenvalue weighted by Crippen LogP contribution is 2.25. The van der Waals surface area contributed by atoms with E-state index in [0.29, 0.717) is 47.5 Å². The van der Waals surface area contributed by atoms with Crippen molar-refractivity contribution < 1.29 is 9.47 Å². The van der Waals surface area contributed by atoms with Gasteiger partial charge in [0.15, 0.2) is 0 Å². The SMILES string of the molecule is C.C.Nc1ccc(N)c(OCCCN2CCN(CCCCN3CCN(CCCOc4cc(N)ccc4N)C3)C2)c1. The number of hydrogen-bond donors (Lipinski definition) is 4. The molecule has 2 aromatic rings. The van der Waals surface area contributed by atoms with Crippen molar-refractivity contribution in [3.05, 3.63) is 36.4 Å². The van der Waals surface area contributed by atoms with Crippen LogP contribution in [-0.4, -0.2) is 98.5 Å². The Hall–Kier alpha value is -2.92. The molecule has 2 aliphatic rings. The first-order valence-electron chi connectivity index (χ1n) is 13.9. The summed E-state index contributed by atoms with van der Waals surface area (Å²) in [5.74, 6) is 1.37. The minimum Gasteiger partial charge on any atom is -0.491 e. The maximum atomic E-state index is 5.95. The maximum Gasteiger partial charge on any atom is 0.144 e. The minimum atomic E-state index is 0. The molecule has 0 aliphatic carbocycles. The first-order chi connectivity index (χ1) is 18.5. The number of anilines is 4. The second kappa shape index (κ2) is 17.0. The van der Waals surface area contributed by atoms with Gasteiger partial charge in [-0.2, -0.15) is 0 Å². The van der Waals surface area contributed by atoms with Crippen LogP contribution in [0.15, 0.2) is 36.4 Å². The van der Waals surface area contributed by atoms with E-state index >= 15 is 0 Å². The molecule has 0 bridgehead atoms. The van der Waals surface area contributed by atoms with Crippen molar-refractivity contribution in [2.75, 3.05) is 102 Å². The molecule has 0 spiro atoms. The Labute approximate surface area is 242 Å². The maximum absolute atomic E-state index is 5.95. The van der Waals surface area contributed by atoms with Crippen molar-refractivity contribution >= 4 is 22.7 Å². The van der Waals surface area contributed by atoms with Crippen LogP contribution in [0.2, 0.25) is 0 Å². The van der Waals surface area contributed by atoms with Crippen LogP contribution in [-0.2, 0) is 0 Å². The third-order valence-electron chi connectivity index (χ3n) is 7.29. The molecular weight excluding hydrogens is 504 g/mol. The lowest BCUT2D eigenvalue weighted by Crippen LogP contribution is -2.29. The quantitative estimate of drug-likeness (QED) is 0.190. The molecule has 0 unspecified atom stereocenters. The van der Waals surface area contributed by atoms with E-state index in [9.17, 15) is 0 Å². The van der Waals surface area contributed by atoms with Crippen molar-refractivity contribution in [3.63, 3.8) is 0 Å². The highest BCUT2D eigenvalue weighted by atomic mass is 16.5. The van der Waals surface area contributed by atoms with Crippen LogP contribution >= 0.6 is 0 Å². The third kappa shape index (κ3) is 10.6. The van der Waals surface area contributed by atoms with Gasteiger partial charge in [0.2, 0.25) is 0 Å². The van der Waals surface area contributed by atoms with E-state index in [-0.39, 0.29) is 14.9 Å². The van der Waals surface area contributed by atoms with Crippen LogP contribution in [0.25, 0.3) is 0 Å². The lowest BCUT2D eigenvalue weighted by atomic mass is 10.2. The number of nitrogen functional groups attached to an aromatic ring is 4. The van der Waals surface area contributed by atoms with E-state index in [1.165, 1.54) is 25.9 Å². The summed E-state index contributed by atoms with van der Waals surface area (Å²) in [5, 5.41) is 0. The van der Waals surface area contributed by atoms with Crippen molar-refractivity contribution in [1.82, 2.24) is 19.6 Å². The van der Waals surface area contributed by atoms with Gasteiger partial charge in [-0.15, -0.1) is 0 Å². The van der Waals surface area contributed by atoms with Gasteiger partial charge in [-0.1, -0.05) is 14.9 Å². The average molecular weight is 559 g/mol. The molecule has 2 aliphatic heterocycles. The molecule has 4 rings (SSSR count). The standard InChI is InChI=1S/C28H46N8O2.2CH4/c29-23-5-7-25(31)27(19-23)37-17-3-11-35-15-13-33(21-35)9-1-2-10-34-14-16-36(22-34)12-4-18-38-28-20-24(30)6-8-26(28)32;;/h5-8,19-20H,1-4,9-18,21-22,29-32H2;2*1H4. The Bertz CT molecular complexity index is 928. The van der Waals surface area contributed by atoms with Crippen LogP contribution < -0.4 is 32.4 Å². The summed E-state index contributed by atoms with van der Waals surface area (Å²) >= 11 is 0. The summed E-state index contributed by atoms with van der Waals surface area (Å²) in [4.78, 5) is 10.2. The molecular formula is C30H54N8O2. The minimum absolute atomic E-state index is 0. The molecule has 0 amide bonds. The number of hydrogen-bond acceptors (Lipinski definition) is 10. The number of nitrogens with two attached hydrogens (primary N) is 4. The Morgan fingerprint density at radius 1 is 0.525 bits per heavy atom. The van der Waals surface area contributed by atoms with Gasteiger partial charge in [0.25, 0.3) is 0 Å². The molecule has 2 aromatic carbocycles. The van der Waals surface area contributed by atoms with E-state index in [1.54, 1.807) is 36.4 Å². The molecule has 40 heavy (non-hydrogen) atoms. The van der Waals surface area contributed by atoms with Gasteiger partial charge >= 0.3 is 0 Å². The number of ether oxygens (including phenoxy) is 2. The number of unbranched alkanes of at least 4 members (excludes halogenated alkanes) is 1. The zero-order chi connectivity index (χ0) is 26.7. The van der Waals surface area contributed by atoms with Crippen molar-refractivity contribution in [2.45, 2.75) is 40.5 Å². The summed E-state index contributed by atoms with van der Waals surface area (Å²) in [6.45, 7) is 12.4. The van der Waals surface area contributed by atoms with Crippen molar-refractivity contribution in [1.29, 1.82) is 0 Å². The molecule has 10 heteroatoms. The molecule has 2 saturated heterocycles. The van der Waals surface area contributed by atoms with Crippen LogP contribution in [0.1, 0.15) is 40.5 Å². The lowest BCUT2D eigenvalue weighted by molar-refractivity contribution is 0.210. The Kier molecular flexibility index (Phi) is 14.2. The average Bonchev–Trinajstić information content (AvgIpc) is 3.55. The van der Waals surface area contributed by atoms with E-state index in [4.69, 9.17) is 32.4 Å². The first kappa shape index (κ1) is 33.3. The van der Waals surface area contributed by atoms with Gasteiger partial charge < -0.3 is 32.4 Å². The summed E-state index contributed by atoms with van der Waals surface area (Å²) in [6, 6.07) is 10.8. The van der Waals surface area contributed by atoms with Gasteiger partial charge in [0, 0.05) is 62.8 Å². The molecule has 0 aromatic heterocycles. The summed E-state index contributed by atoms with van der Waals surface area (Å²) < 4.78 is 11.7. The largest absolute Gasteiger partial charge is 0.491 e. The summed E-state index contributed by atoms with van der Waals surface area (Å²) in [5.41, 5.74) is 26.2. The molecule has 8 N–H and O–H groups in total. The van der Waals surface area contributed by atoms with Crippen LogP contribution in [0.3, 0.4) is 0 Å². The Morgan fingerprint density at radius 3 is 1.25 bits per heavy atom. The highest BCUT2D eigenvalue weighted by Gasteiger charge is 2.21. The smallest absolute Gasteiger partial charge is 0.144 e. The van der Waals surface area contributed by atoms with Crippen LogP contribution in [0, 0.1) is 0 Å². The zero-order valence-corrected chi connectivity index (χ0v) is 22.7. The first-order valence-corrected chi connectivity index (χ1v) is 13.9. The topological polar surface area (TPSA) is 135 Å². The van der Waals surface area contributed by atoms with Crippen molar-refractivity contribution in [2.24, 2.45) is 0 Å². The van der Waals surface area contributed by atoms with Gasteiger partial charge in [0.1, 0.15) is 11.5 Å². The van der Waals surface area contributed by atoms with E-state index in [1.807, 2.05) is 0 Å². The van der Waals surface area contributed by atoms with Gasteiger partial charge in [-0.05, 0) is 63.0 Å². The Morgan fingerprint density at radius 2 is 0.875 bits per heavy atom. The summed E-state index contributed by atoms with van der Waals surface area (Å²) in [7, 11) is 0. The highest BCUT2D eigenvalue weighted by molar-refractivity contribution is 5.60. The zero-order valence-electron chi connectivity index (χ0n) is 22.7. The number of benzene rings is 2. The second-order valence-corrected chi connectivity index (χ2v) is 10.5. The molecule has 2 fully saturated rings. The fourth-order valence-corrected chi connectivity index (χ4v) is 5.11.